The lowest BCUT2D eigenvalue weighted by Gasteiger charge is -2.34. The van der Waals surface area contributed by atoms with Crippen LogP contribution in [-0.2, 0) is 0 Å². The Morgan fingerprint density at radius 2 is 1.95 bits per heavy atom. The van der Waals surface area contributed by atoms with E-state index in [0.717, 1.165) is 24.4 Å². The van der Waals surface area contributed by atoms with Crippen molar-refractivity contribution in [1.29, 1.82) is 0 Å². The first-order valence-electron chi connectivity index (χ1n) is 8.48. The Labute approximate surface area is 120 Å². The van der Waals surface area contributed by atoms with Crippen molar-refractivity contribution in [2.45, 2.75) is 65.8 Å². The number of hydrogen-bond acceptors (Lipinski definition) is 2. The van der Waals surface area contributed by atoms with Crippen molar-refractivity contribution in [2.24, 2.45) is 17.3 Å². The van der Waals surface area contributed by atoms with Gasteiger partial charge in [-0.2, -0.15) is 0 Å². The summed E-state index contributed by atoms with van der Waals surface area (Å²) < 4.78 is 0. The highest BCUT2D eigenvalue weighted by molar-refractivity contribution is 4.97. The van der Waals surface area contributed by atoms with E-state index in [-0.39, 0.29) is 0 Å². The molecule has 2 nitrogen and oxygen atoms in total. The number of likely N-dealkylation sites (tertiary alicyclic amines) is 1. The molecule has 2 fully saturated rings. The summed E-state index contributed by atoms with van der Waals surface area (Å²) in [5.41, 5.74) is 0.486. The summed E-state index contributed by atoms with van der Waals surface area (Å²) in [4.78, 5) is 2.75. The molecule has 1 heterocycles. The standard InChI is InChI=1S/C17H34N2/c1-5-18-16-15(8-10-17(16,3)4)13-19-11-6-7-14(2)9-12-19/h14-16,18H,5-13H2,1-4H3. The maximum absolute atomic E-state index is 3.77. The molecule has 0 amide bonds. The minimum Gasteiger partial charge on any atom is -0.313 e. The van der Waals surface area contributed by atoms with Gasteiger partial charge >= 0.3 is 0 Å². The molecule has 19 heavy (non-hydrogen) atoms. The molecule has 0 bridgehead atoms. The van der Waals surface area contributed by atoms with Crippen molar-refractivity contribution in [3.63, 3.8) is 0 Å². The summed E-state index contributed by atoms with van der Waals surface area (Å²) in [5.74, 6) is 1.80. The quantitative estimate of drug-likeness (QED) is 0.837. The number of hydrogen-bond donors (Lipinski definition) is 1. The van der Waals surface area contributed by atoms with Crippen molar-refractivity contribution in [3.8, 4) is 0 Å². The molecule has 3 atom stereocenters. The number of rotatable bonds is 4. The van der Waals surface area contributed by atoms with Gasteiger partial charge in [-0.25, -0.2) is 0 Å². The minimum atomic E-state index is 0.486. The van der Waals surface area contributed by atoms with E-state index in [1.165, 1.54) is 51.7 Å². The largest absolute Gasteiger partial charge is 0.313 e. The Morgan fingerprint density at radius 3 is 2.68 bits per heavy atom. The Bertz CT molecular complexity index is 274. The van der Waals surface area contributed by atoms with E-state index in [2.05, 4.69) is 37.9 Å². The smallest absolute Gasteiger partial charge is 0.0159 e. The van der Waals surface area contributed by atoms with Crippen LogP contribution in [0.2, 0.25) is 0 Å². The van der Waals surface area contributed by atoms with Gasteiger partial charge in [-0.15, -0.1) is 0 Å². The molecule has 1 aliphatic carbocycles. The Hall–Kier alpha value is -0.0800. The van der Waals surface area contributed by atoms with Crippen molar-refractivity contribution < 1.29 is 0 Å². The SMILES string of the molecule is CCNC1C(CN2CCCC(C)CC2)CCC1(C)C. The van der Waals surface area contributed by atoms with E-state index in [1.807, 2.05) is 0 Å². The fraction of sp³-hybridized carbons (Fsp3) is 1.00. The summed E-state index contributed by atoms with van der Waals surface area (Å²) in [6.07, 6.45) is 7.05. The Morgan fingerprint density at radius 1 is 1.16 bits per heavy atom. The van der Waals surface area contributed by atoms with Gasteiger partial charge in [0.25, 0.3) is 0 Å². The second kappa shape index (κ2) is 6.58. The van der Waals surface area contributed by atoms with E-state index in [4.69, 9.17) is 0 Å². The fourth-order valence-corrected chi connectivity index (χ4v) is 4.21. The highest BCUT2D eigenvalue weighted by Crippen LogP contribution is 2.41. The van der Waals surface area contributed by atoms with Crippen LogP contribution in [0, 0.1) is 17.3 Å². The molecule has 0 radical (unpaired) electrons. The third-order valence-electron chi connectivity index (χ3n) is 5.50. The first kappa shape index (κ1) is 15.3. The third kappa shape index (κ3) is 3.95. The molecule has 2 heteroatoms. The van der Waals surface area contributed by atoms with Crippen LogP contribution in [0.5, 0.6) is 0 Å². The van der Waals surface area contributed by atoms with Crippen LogP contribution in [0.4, 0.5) is 0 Å². The van der Waals surface area contributed by atoms with Gasteiger partial charge in [0.15, 0.2) is 0 Å². The molecular formula is C17H34N2. The van der Waals surface area contributed by atoms with Gasteiger partial charge in [0, 0.05) is 12.6 Å². The summed E-state index contributed by atoms with van der Waals surface area (Å²) in [6.45, 7) is 14.7. The molecule has 0 aromatic heterocycles. The zero-order chi connectivity index (χ0) is 13.9. The van der Waals surface area contributed by atoms with Gasteiger partial charge in [0.1, 0.15) is 0 Å². The molecule has 3 unspecified atom stereocenters. The van der Waals surface area contributed by atoms with Crippen molar-refractivity contribution in [3.05, 3.63) is 0 Å². The van der Waals surface area contributed by atoms with Gasteiger partial charge in [0.2, 0.25) is 0 Å². The molecule has 2 aliphatic rings. The third-order valence-corrected chi connectivity index (χ3v) is 5.50. The van der Waals surface area contributed by atoms with Gasteiger partial charge in [-0.3, -0.25) is 0 Å². The highest BCUT2D eigenvalue weighted by Gasteiger charge is 2.41. The molecular weight excluding hydrogens is 232 g/mol. The van der Waals surface area contributed by atoms with Crippen molar-refractivity contribution in [1.82, 2.24) is 10.2 Å². The second-order valence-corrected chi connectivity index (χ2v) is 7.66. The summed E-state index contributed by atoms with van der Waals surface area (Å²) in [6, 6.07) is 0.721. The normalized spacial score (nSPS) is 36.3. The molecule has 2 rings (SSSR count). The highest BCUT2D eigenvalue weighted by atomic mass is 15.1. The molecule has 0 aromatic rings. The van der Waals surface area contributed by atoms with Crippen LogP contribution in [0.1, 0.15) is 59.8 Å². The molecule has 1 saturated carbocycles. The van der Waals surface area contributed by atoms with E-state index < -0.39 is 0 Å². The first-order chi connectivity index (χ1) is 9.03. The number of nitrogens with one attached hydrogen (secondary N) is 1. The van der Waals surface area contributed by atoms with Crippen LogP contribution < -0.4 is 5.32 Å². The van der Waals surface area contributed by atoms with Crippen LogP contribution >= 0.6 is 0 Å². The zero-order valence-electron chi connectivity index (χ0n) is 13.5. The summed E-state index contributed by atoms with van der Waals surface area (Å²) in [5, 5.41) is 3.77. The predicted octanol–water partition coefficient (Wildman–Crippen LogP) is 3.52. The molecule has 1 N–H and O–H groups in total. The Balaban J connectivity index is 1.90. The van der Waals surface area contributed by atoms with Gasteiger partial charge < -0.3 is 10.2 Å². The molecule has 1 aliphatic heterocycles. The van der Waals surface area contributed by atoms with Crippen LogP contribution in [0.15, 0.2) is 0 Å². The van der Waals surface area contributed by atoms with Gasteiger partial charge in [0.05, 0.1) is 0 Å². The fourth-order valence-electron chi connectivity index (χ4n) is 4.21. The lowest BCUT2D eigenvalue weighted by Crippen LogP contribution is -2.45. The maximum atomic E-state index is 3.77. The van der Waals surface area contributed by atoms with E-state index in [0.29, 0.717) is 5.41 Å². The molecule has 112 valence electrons. The van der Waals surface area contributed by atoms with Crippen molar-refractivity contribution in [2.75, 3.05) is 26.2 Å². The number of nitrogens with zero attached hydrogens (tertiary/aromatic N) is 1. The topological polar surface area (TPSA) is 15.3 Å². The average molecular weight is 266 g/mol. The lowest BCUT2D eigenvalue weighted by atomic mass is 9.84. The first-order valence-corrected chi connectivity index (χ1v) is 8.48. The van der Waals surface area contributed by atoms with Gasteiger partial charge in [-0.05, 0) is 69.0 Å². The predicted molar refractivity (Wildman–Crippen MR) is 83.4 cm³/mol. The average Bonchev–Trinajstić information content (AvgIpc) is 2.53. The molecule has 0 spiro atoms. The molecule has 0 aromatic carbocycles. The summed E-state index contributed by atoms with van der Waals surface area (Å²) in [7, 11) is 0. The van der Waals surface area contributed by atoms with E-state index >= 15 is 0 Å². The molecule has 1 saturated heterocycles. The van der Waals surface area contributed by atoms with Crippen molar-refractivity contribution >= 4 is 0 Å². The maximum Gasteiger partial charge on any atom is 0.0159 e. The lowest BCUT2D eigenvalue weighted by molar-refractivity contribution is 0.187. The van der Waals surface area contributed by atoms with Crippen LogP contribution in [0.3, 0.4) is 0 Å². The van der Waals surface area contributed by atoms with Gasteiger partial charge in [-0.1, -0.05) is 27.7 Å². The second-order valence-electron chi connectivity index (χ2n) is 7.66. The minimum absolute atomic E-state index is 0.486. The van der Waals surface area contributed by atoms with Crippen LogP contribution in [-0.4, -0.2) is 37.1 Å². The van der Waals surface area contributed by atoms with E-state index in [1.54, 1.807) is 0 Å². The summed E-state index contributed by atoms with van der Waals surface area (Å²) >= 11 is 0. The monoisotopic (exact) mass is 266 g/mol. The van der Waals surface area contributed by atoms with E-state index in [9.17, 15) is 0 Å². The Kier molecular flexibility index (Phi) is 5.30. The van der Waals surface area contributed by atoms with Crippen LogP contribution in [0.25, 0.3) is 0 Å². The zero-order valence-corrected chi connectivity index (χ0v) is 13.5.